The Hall–Kier alpha value is -1.13. The maximum absolute atomic E-state index is 13.2. The Morgan fingerprint density at radius 1 is 1.38 bits per heavy atom. The van der Waals surface area contributed by atoms with E-state index in [0.29, 0.717) is 6.42 Å². The fourth-order valence-electron chi connectivity index (χ4n) is 1.33. The Morgan fingerprint density at radius 2 is 2.00 bits per heavy atom. The highest BCUT2D eigenvalue weighted by Crippen LogP contribution is 2.11. The number of carboxylic acids is 1. The lowest BCUT2D eigenvalue weighted by molar-refractivity contribution is -0.143. The predicted molar refractivity (Wildman–Crippen MR) is 58.9 cm³/mol. The van der Waals surface area contributed by atoms with Gasteiger partial charge in [-0.25, -0.2) is 4.39 Å². The number of hydrogen-bond donors (Lipinski definition) is 1. The summed E-state index contributed by atoms with van der Waals surface area (Å²) in [6, 6.07) is 0. The van der Waals surface area contributed by atoms with Gasteiger partial charge < -0.3 is 10.0 Å². The molecule has 0 rings (SSSR count). The number of aliphatic carboxylic acids is 1. The van der Waals surface area contributed by atoms with Crippen molar-refractivity contribution in [1.29, 1.82) is 0 Å². The second-order valence-electron chi connectivity index (χ2n) is 3.92. The molecule has 0 aromatic rings. The highest BCUT2D eigenvalue weighted by atomic mass is 19.1. The molecule has 0 radical (unpaired) electrons. The van der Waals surface area contributed by atoms with Crippen molar-refractivity contribution in [1.82, 2.24) is 4.90 Å². The number of alkyl halides is 1. The molecule has 1 atom stereocenters. The van der Waals surface area contributed by atoms with E-state index in [1.54, 1.807) is 0 Å². The first kappa shape index (κ1) is 14.9. The molecule has 94 valence electrons. The average Bonchev–Trinajstić information content (AvgIpc) is 2.21. The van der Waals surface area contributed by atoms with Crippen molar-refractivity contribution in [2.24, 2.45) is 0 Å². The molecule has 5 heteroatoms. The summed E-state index contributed by atoms with van der Waals surface area (Å²) < 4.78 is 13.2. The van der Waals surface area contributed by atoms with Crippen molar-refractivity contribution in [3.05, 3.63) is 0 Å². The minimum absolute atomic E-state index is 0.0780. The number of rotatable bonds is 8. The maximum Gasteiger partial charge on any atom is 0.323 e. The van der Waals surface area contributed by atoms with Crippen molar-refractivity contribution in [3.63, 3.8) is 0 Å². The van der Waals surface area contributed by atoms with Crippen LogP contribution >= 0.6 is 0 Å². The van der Waals surface area contributed by atoms with E-state index in [1.165, 1.54) is 7.05 Å². The number of carbonyl (C=O) groups is 2. The minimum atomic E-state index is -1.06. The maximum atomic E-state index is 13.2. The summed E-state index contributed by atoms with van der Waals surface area (Å²) >= 11 is 0. The normalized spacial score (nSPS) is 12.2. The van der Waals surface area contributed by atoms with Gasteiger partial charge in [0.25, 0.3) is 0 Å². The Kier molecular flexibility index (Phi) is 7.50. The van der Waals surface area contributed by atoms with Crippen LogP contribution in [-0.4, -0.2) is 41.6 Å². The molecule has 1 amide bonds. The molecular formula is C11H20FNO3. The smallest absolute Gasteiger partial charge is 0.323 e. The van der Waals surface area contributed by atoms with Crippen molar-refractivity contribution >= 4 is 11.9 Å². The van der Waals surface area contributed by atoms with E-state index >= 15 is 0 Å². The average molecular weight is 233 g/mol. The molecule has 0 aliphatic rings. The van der Waals surface area contributed by atoms with Crippen LogP contribution < -0.4 is 0 Å². The first-order valence-corrected chi connectivity index (χ1v) is 5.57. The monoisotopic (exact) mass is 233 g/mol. The van der Waals surface area contributed by atoms with Crippen LogP contribution in [0.3, 0.4) is 0 Å². The summed E-state index contributed by atoms with van der Waals surface area (Å²) in [7, 11) is 1.41. The van der Waals surface area contributed by atoms with E-state index in [4.69, 9.17) is 5.11 Å². The van der Waals surface area contributed by atoms with Crippen LogP contribution in [0.25, 0.3) is 0 Å². The van der Waals surface area contributed by atoms with E-state index < -0.39 is 12.1 Å². The number of nitrogens with zero attached hydrogens (tertiary/aromatic N) is 1. The van der Waals surface area contributed by atoms with E-state index in [0.717, 1.165) is 17.7 Å². The van der Waals surface area contributed by atoms with Gasteiger partial charge in [-0.1, -0.05) is 19.8 Å². The molecule has 0 saturated carbocycles. The first-order valence-electron chi connectivity index (χ1n) is 5.57. The molecule has 0 aliphatic carbocycles. The molecule has 1 N–H and O–H groups in total. The lowest BCUT2D eigenvalue weighted by atomic mass is 10.1. The summed E-state index contributed by atoms with van der Waals surface area (Å²) in [4.78, 5) is 22.8. The molecular weight excluding hydrogens is 213 g/mol. The van der Waals surface area contributed by atoms with Crippen LogP contribution in [0.15, 0.2) is 0 Å². The van der Waals surface area contributed by atoms with Crippen molar-refractivity contribution < 1.29 is 19.1 Å². The highest BCUT2D eigenvalue weighted by molar-refractivity contribution is 5.80. The molecule has 4 nitrogen and oxygen atoms in total. The topological polar surface area (TPSA) is 57.6 Å². The Morgan fingerprint density at radius 3 is 2.50 bits per heavy atom. The summed E-state index contributed by atoms with van der Waals surface area (Å²) in [6.45, 7) is 1.66. The van der Waals surface area contributed by atoms with Gasteiger partial charge in [0, 0.05) is 13.5 Å². The van der Waals surface area contributed by atoms with Crippen LogP contribution in [0.2, 0.25) is 0 Å². The fraction of sp³-hybridized carbons (Fsp3) is 0.818. The second kappa shape index (κ2) is 8.07. The van der Waals surface area contributed by atoms with Gasteiger partial charge in [-0.15, -0.1) is 0 Å². The minimum Gasteiger partial charge on any atom is -0.480 e. The van der Waals surface area contributed by atoms with Crippen LogP contribution in [0.4, 0.5) is 4.39 Å². The molecule has 0 bridgehead atoms. The lowest BCUT2D eigenvalue weighted by Gasteiger charge is -2.15. The molecule has 1 unspecified atom stereocenters. The molecule has 0 spiro atoms. The van der Waals surface area contributed by atoms with Crippen LogP contribution in [0.5, 0.6) is 0 Å². The quantitative estimate of drug-likeness (QED) is 0.696. The molecule has 0 saturated heterocycles. The molecule has 0 aromatic heterocycles. The molecule has 0 aromatic carbocycles. The van der Waals surface area contributed by atoms with Gasteiger partial charge in [-0.3, -0.25) is 9.59 Å². The number of amides is 1. The largest absolute Gasteiger partial charge is 0.480 e. The number of likely N-dealkylation sites (N-methyl/N-ethyl adjacent to an activating group) is 1. The Bertz CT molecular complexity index is 233. The number of unbranched alkanes of at least 4 members (excludes halogenated alkanes) is 1. The summed E-state index contributed by atoms with van der Waals surface area (Å²) in [5.74, 6) is -1.37. The van der Waals surface area contributed by atoms with Gasteiger partial charge in [0.1, 0.15) is 12.7 Å². The molecule has 0 heterocycles. The third kappa shape index (κ3) is 7.20. The first-order chi connectivity index (χ1) is 7.47. The number of halogens is 1. The third-order valence-electron chi connectivity index (χ3n) is 2.34. The van der Waals surface area contributed by atoms with E-state index in [-0.39, 0.29) is 25.3 Å². The number of carboxylic acid groups (broad SMARTS) is 1. The zero-order chi connectivity index (χ0) is 12.6. The number of hydrogen-bond acceptors (Lipinski definition) is 2. The van der Waals surface area contributed by atoms with E-state index in [9.17, 15) is 14.0 Å². The summed E-state index contributed by atoms with van der Waals surface area (Å²) in [5.41, 5.74) is 0. The fourth-order valence-corrected chi connectivity index (χ4v) is 1.33. The van der Waals surface area contributed by atoms with Crippen molar-refractivity contribution in [3.8, 4) is 0 Å². The van der Waals surface area contributed by atoms with Gasteiger partial charge in [-0.2, -0.15) is 0 Å². The Balaban J connectivity index is 3.74. The predicted octanol–water partition coefficient (Wildman–Crippen LogP) is 1.84. The molecule has 0 aliphatic heterocycles. The standard InChI is InChI=1S/C11H20FNO3/c1-3-4-5-9(12)6-7-10(14)13(2)8-11(15)16/h9H,3-8H2,1-2H3,(H,15,16). The molecule has 16 heavy (non-hydrogen) atoms. The Labute approximate surface area is 95.4 Å². The van der Waals surface area contributed by atoms with Crippen LogP contribution in [0.1, 0.15) is 39.0 Å². The second-order valence-corrected chi connectivity index (χ2v) is 3.92. The highest BCUT2D eigenvalue weighted by Gasteiger charge is 2.14. The van der Waals surface area contributed by atoms with Crippen molar-refractivity contribution in [2.75, 3.05) is 13.6 Å². The van der Waals surface area contributed by atoms with Crippen LogP contribution in [-0.2, 0) is 9.59 Å². The van der Waals surface area contributed by atoms with E-state index in [1.807, 2.05) is 6.92 Å². The summed E-state index contributed by atoms with van der Waals surface area (Å²) in [5, 5.41) is 8.46. The van der Waals surface area contributed by atoms with E-state index in [2.05, 4.69) is 0 Å². The van der Waals surface area contributed by atoms with Crippen LogP contribution in [0, 0.1) is 0 Å². The van der Waals surface area contributed by atoms with Crippen molar-refractivity contribution in [2.45, 2.75) is 45.2 Å². The molecule has 0 fully saturated rings. The zero-order valence-corrected chi connectivity index (χ0v) is 9.91. The van der Waals surface area contributed by atoms with Gasteiger partial charge in [0.05, 0.1) is 0 Å². The lowest BCUT2D eigenvalue weighted by Crippen LogP contribution is -2.32. The van der Waals surface area contributed by atoms with Gasteiger partial charge in [0.2, 0.25) is 5.91 Å². The van der Waals surface area contributed by atoms with Gasteiger partial charge in [-0.05, 0) is 12.8 Å². The van der Waals surface area contributed by atoms with Gasteiger partial charge >= 0.3 is 5.97 Å². The SMILES string of the molecule is CCCCC(F)CCC(=O)N(C)CC(=O)O. The zero-order valence-electron chi connectivity index (χ0n) is 9.91. The van der Waals surface area contributed by atoms with Gasteiger partial charge in [0.15, 0.2) is 0 Å². The third-order valence-corrected chi connectivity index (χ3v) is 2.34. The summed E-state index contributed by atoms with van der Waals surface area (Å²) in [6.07, 6.45) is 1.54. The number of carbonyl (C=O) groups excluding carboxylic acids is 1.